The Bertz CT molecular complexity index is 2930. The van der Waals surface area contributed by atoms with Crippen LogP contribution >= 0.6 is 0 Å². The van der Waals surface area contributed by atoms with Crippen molar-refractivity contribution >= 4 is 39.3 Å². The second kappa shape index (κ2) is 21.7. The number of phenols is 2. The highest BCUT2D eigenvalue weighted by Gasteiger charge is 2.69. The molecule has 384 valence electrons. The Kier molecular flexibility index (Phi) is 17.6. The Morgan fingerprint density at radius 3 is 0.817 bits per heavy atom. The first-order valence-corrected chi connectivity index (χ1v) is 25.9. The minimum Gasteiger partial charge on any atom is -0.507 e. The average Bonchev–Trinajstić information content (AvgIpc) is 3.29. The van der Waals surface area contributed by atoms with Gasteiger partial charge in [0.2, 0.25) is 0 Å². The van der Waals surface area contributed by atoms with Gasteiger partial charge in [0, 0.05) is 28.7 Å². The molecule has 0 aliphatic rings. The normalized spacial score (nSPS) is 12.9. The lowest BCUT2D eigenvalue weighted by Gasteiger charge is -2.26. The standard InChI is InChI=1S/C20H18O.C18H14O.C7H4F12O8S4/c1-2-15-13-18(16-9-5-3-6-10-16)20(21)19(14-15)17-11-7-4-8-12-17;19-18-16(14-8-3-1-4-9-14)12-7-13-17(18)15-10-5-2-6-11-15;8-4(9,10)28(20,21)2(29(22,23)5(11,12)13)1-3(30(24,25)6(14,15)16)31(26,27)7(17,18)19/h3-14,21H,2H2,1H3;1-13,19H;2-3H,1H2. The van der Waals surface area contributed by atoms with Crippen molar-refractivity contribution in [3.05, 3.63) is 157 Å². The summed E-state index contributed by atoms with van der Waals surface area (Å²) in [5.74, 6) is 0.685. The molecule has 0 unspecified atom stereocenters. The minimum atomic E-state index is -7.96. The molecule has 0 aromatic heterocycles. The zero-order valence-corrected chi connectivity index (χ0v) is 39.1. The maximum atomic E-state index is 12.6. The Balaban J connectivity index is 0.000000239. The molecule has 6 aromatic carbocycles. The summed E-state index contributed by atoms with van der Waals surface area (Å²) < 4.78 is 229. The fraction of sp³-hybridized carbons (Fsp3) is 0.200. The smallest absolute Gasteiger partial charge is 0.498 e. The molecule has 0 heterocycles. The van der Waals surface area contributed by atoms with Crippen LogP contribution in [-0.4, -0.2) is 75.1 Å². The molecule has 0 atom stereocenters. The van der Waals surface area contributed by atoms with Gasteiger partial charge in [-0.2, -0.15) is 52.7 Å². The third-order valence-electron chi connectivity index (χ3n) is 10.0. The molecule has 6 aromatic rings. The zero-order chi connectivity index (χ0) is 53.6. The van der Waals surface area contributed by atoms with Gasteiger partial charge in [-0.05, 0) is 46.4 Å². The third-order valence-corrected chi connectivity index (χ3v) is 19.2. The summed E-state index contributed by atoms with van der Waals surface area (Å²) in [5.41, 5.74) is -19.6. The van der Waals surface area contributed by atoms with Crippen molar-refractivity contribution in [2.45, 2.75) is 51.0 Å². The molecule has 0 saturated heterocycles. The lowest BCUT2D eigenvalue weighted by molar-refractivity contribution is -0.0475. The van der Waals surface area contributed by atoms with Crippen molar-refractivity contribution in [1.29, 1.82) is 0 Å². The number of benzene rings is 6. The molecule has 0 radical (unpaired) electrons. The molecule has 0 amide bonds. The first kappa shape index (κ1) is 57.5. The highest BCUT2D eigenvalue weighted by molar-refractivity contribution is 8.11. The Hall–Kier alpha value is -6.12. The summed E-state index contributed by atoms with van der Waals surface area (Å²) in [4.78, 5) is 0. The van der Waals surface area contributed by atoms with E-state index in [4.69, 9.17) is 0 Å². The van der Waals surface area contributed by atoms with Gasteiger partial charge in [-0.15, -0.1) is 0 Å². The second-order valence-corrected chi connectivity index (χ2v) is 23.7. The third kappa shape index (κ3) is 12.9. The molecule has 0 spiro atoms. The fourth-order valence-electron chi connectivity index (χ4n) is 6.41. The van der Waals surface area contributed by atoms with Crippen LogP contribution in [0.4, 0.5) is 52.7 Å². The van der Waals surface area contributed by atoms with Gasteiger partial charge >= 0.3 is 22.0 Å². The predicted molar refractivity (Wildman–Crippen MR) is 239 cm³/mol. The topological polar surface area (TPSA) is 177 Å². The Morgan fingerprint density at radius 1 is 0.366 bits per heavy atom. The van der Waals surface area contributed by atoms with Crippen LogP contribution in [0.5, 0.6) is 11.5 Å². The fourth-order valence-corrected chi connectivity index (χ4v) is 13.9. The van der Waals surface area contributed by atoms with E-state index in [1.807, 2.05) is 140 Å². The van der Waals surface area contributed by atoms with Crippen LogP contribution in [0.1, 0.15) is 18.9 Å². The molecular formula is C45H36F12O10S4. The van der Waals surface area contributed by atoms with Gasteiger partial charge in [0.1, 0.15) is 11.5 Å². The predicted octanol–water partition coefficient (Wildman–Crippen LogP) is 11.8. The van der Waals surface area contributed by atoms with Gasteiger partial charge in [0.05, 0.1) is 0 Å². The molecule has 26 heteroatoms. The SMILES string of the molecule is CCc1cc(-c2ccccc2)c(O)c(-c2ccccc2)c1.O=S(=O)(C(CC(S(=O)(=O)C(F)(F)F)S(=O)(=O)C(F)(F)F)S(=O)(=O)C(F)(F)F)C(F)(F)F.Oc1c(-c2ccccc2)cccc1-c1ccccc1. The lowest BCUT2D eigenvalue weighted by Crippen LogP contribution is -2.52. The maximum absolute atomic E-state index is 12.6. The summed E-state index contributed by atoms with van der Waals surface area (Å²) in [6.45, 7) is 2.13. The van der Waals surface area contributed by atoms with E-state index in [1.54, 1.807) is 0 Å². The van der Waals surface area contributed by atoms with E-state index in [2.05, 4.69) is 19.1 Å². The van der Waals surface area contributed by atoms with Gasteiger partial charge in [0.15, 0.2) is 9.16 Å². The van der Waals surface area contributed by atoms with Crippen molar-refractivity contribution in [2.75, 3.05) is 0 Å². The van der Waals surface area contributed by atoms with Crippen molar-refractivity contribution in [3.8, 4) is 56.0 Å². The van der Waals surface area contributed by atoms with Crippen LogP contribution < -0.4 is 0 Å². The first-order chi connectivity index (χ1) is 32.6. The van der Waals surface area contributed by atoms with E-state index >= 15 is 0 Å². The Labute approximate surface area is 398 Å². The van der Waals surface area contributed by atoms with E-state index in [0.29, 0.717) is 11.5 Å². The highest BCUT2D eigenvalue weighted by atomic mass is 32.3. The molecular weight excluding hydrogens is 1060 g/mol. The van der Waals surface area contributed by atoms with Crippen LogP contribution in [-0.2, 0) is 45.8 Å². The number of phenolic OH excluding ortho intramolecular Hbond substituents is 2. The van der Waals surface area contributed by atoms with Crippen LogP contribution in [0.25, 0.3) is 44.5 Å². The number of hydrogen-bond acceptors (Lipinski definition) is 10. The summed E-state index contributed by atoms with van der Waals surface area (Å²) >= 11 is 0. The molecule has 6 rings (SSSR count). The van der Waals surface area contributed by atoms with Crippen molar-refractivity contribution in [3.63, 3.8) is 0 Å². The zero-order valence-electron chi connectivity index (χ0n) is 35.8. The number of aryl methyl sites for hydroxylation is 1. The summed E-state index contributed by atoms with van der Waals surface area (Å²) in [5, 5.41) is 21.2. The molecule has 0 aliphatic heterocycles. The van der Waals surface area contributed by atoms with E-state index < -0.39 is 77.0 Å². The summed E-state index contributed by atoms with van der Waals surface area (Å²) in [6, 6.07) is 50.0. The number of para-hydroxylation sites is 1. The van der Waals surface area contributed by atoms with Crippen molar-refractivity contribution in [1.82, 2.24) is 0 Å². The number of alkyl halides is 12. The molecule has 2 N–H and O–H groups in total. The quantitative estimate of drug-likeness (QED) is 0.119. The molecule has 10 nitrogen and oxygen atoms in total. The number of sulfone groups is 4. The largest absolute Gasteiger partial charge is 0.507 e. The van der Waals surface area contributed by atoms with Gasteiger partial charge in [-0.1, -0.05) is 146 Å². The lowest BCUT2D eigenvalue weighted by atomic mass is 9.94. The number of hydrogen-bond donors (Lipinski definition) is 2. The minimum absolute atomic E-state index is 0.333. The molecule has 0 bridgehead atoms. The number of rotatable bonds is 11. The second-order valence-electron chi connectivity index (χ2n) is 14.6. The van der Waals surface area contributed by atoms with E-state index in [-0.39, 0.29) is 0 Å². The van der Waals surface area contributed by atoms with Crippen LogP contribution in [0, 0.1) is 0 Å². The average molecular weight is 1090 g/mol. The maximum Gasteiger partial charge on any atom is 0.498 e. The van der Waals surface area contributed by atoms with E-state index in [9.17, 15) is 96.6 Å². The molecule has 71 heavy (non-hydrogen) atoms. The van der Waals surface area contributed by atoms with Gasteiger partial charge < -0.3 is 10.2 Å². The molecule has 0 fully saturated rings. The molecule has 0 aliphatic carbocycles. The number of halogens is 12. The Morgan fingerprint density at radius 2 is 0.592 bits per heavy atom. The van der Waals surface area contributed by atoms with Crippen molar-refractivity contribution in [2.24, 2.45) is 0 Å². The number of aromatic hydroxyl groups is 2. The van der Waals surface area contributed by atoms with E-state index in [1.165, 1.54) is 5.56 Å². The van der Waals surface area contributed by atoms with Crippen LogP contribution in [0.15, 0.2) is 152 Å². The highest BCUT2D eigenvalue weighted by Crippen LogP contribution is 2.45. The van der Waals surface area contributed by atoms with Gasteiger partial charge in [-0.3, -0.25) is 0 Å². The monoisotopic (exact) mass is 1090 g/mol. The van der Waals surface area contributed by atoms with E-state index in [0.717, 1.165) is 50.9 Å². The van der Waals surface area contributed by atoms with Crippen molar-refractivity contribution < 1.29 is 96.6 Å². The van der Waals surface area contributed by atoms with Crippen LogP contribution in [0.2, 0.25) is 0 Å². The molecule has 0 saturated carbocycles. The first-order valence-electron chi connectivity index (χ1n) is 19.7. The summed E-state index contributed by atoms with van der Waals surface area (Å²) in [6.07, 6.45) is -3.02. The van der Waals surface area contributed by atoms with Gasteiger partial charge in [0.25, 0.3) is 39.3 Å². The van der Waals surface area contributed by atoms with Crippen LogP contribution in [0.3, 0.4) is 0 Å². The summed E-state index contributed by atoms with van der Waals surface area (Å²) in [7, 11) is -31.8. The van der Waals surface area contributed by atoms with Gasteiger partial charge in [-0.25, -0.2) is 33.7 Å².